The highest BCUT2D eigenvalue weighted by Gasteiger charge is 2.36. The van der Waals surface area contributed by atoms with E-state index in [0.29, 0.717) is 6.42 Å². The first-order valence-electron chi connectivity index (χ1n) is 5.55. The molecule has 1 unspecified atom stereocenters. The highest BCUT2D eigenvalue weighted by molar-refractivity contribution is 5.79. The molecule has 1 aromatic rings. The summed E-state index contributed by atoms with van der Waals surface area (Å²) in [6, 6.07) is 10.4. The first-order chi connectivity index (χ1) is 7.24. The van der Waals surface area contributed by atoms with Gasteiger partial charge in [-0.1, -0.05) is 37.3 Å². The van der Waals surface area contributed by atoms with Crippen LogP contribution >= 0.6 is 0 Å². The van der Waals surface area contributed by atoms with Gasteiger partial charge in [0.2, 0.25) is 5.91 Å². The van der Waals surface area contributed by atoms with Crippen LogP contribution in [0.3, 0.4) is 0 Å². The molecule has 1 amide bonds. The summed E-state index contributed by atoms with van der Waals surface area (Å²) in [5.74, 6) is 0.202. The molecule has 1 saturated heterocycles. The van der Waals surface area contributed by atoms with Crippen LogP contribution in [0.5, 0.6) is 0 Å². The normalized spacial score (nSPS) is 25.3. The van der Waals surface area contributed by atoms with Crippen LogP contribution < -0.4 is 5.32 Å². The third-order valence-electron chi connectivity index (χ3n) is 3.37. The van der Waals surface area contributed by atoms with E-state index in [1.165, 1.54) is 5.56 Å². The molecule has 2 heteroatoms. The molecule has 1 fully saturated rings. The van der Waals surface area contributed by atoms with E-state index < -0.39 is 0 Å². The Morgan fingerprint density at radius 1 is 1.33 bits per heavy atom. The van der Waals surface area contributed by atoms with Crippen LogP contribution in [-0.2, 0) is 11.2 Å². The van der Waals surface area contributed by atoms with Gasteiger partial charge in [0.25, 0.3) is 0 Å². The topological polar surface area (TPSA) is 29.1 Å². The molecule has 1 aliphatic heterocycles. The lowest BCUT2D eigenvalue weighted by Crippen LogP contribution is -2.25. The van der Waals surface area contributed by atoms with Crippen molar-refractivity contribution in [3.8, 4) is 0 Å². The zero-order valence-corrected chi connectivity index (χ0v) is 9.12. The van der Waals surface area contributed by atoms with Crippen molar-refractivity contribution in [3.05, 3.63) is 35.9 Å². The molecule has 2 nitrogen and oxygen atoms in total. The Labute approximate surface area is 90.7 Å². The fourth-order valence-corrected chi connectivity index (χ4v) is 2.28. The van der Waals surface area contributed by atoms with Crippen molar-refractivity contribution in [3.63, 3.8) is 0 Å². The Bertz CT molecular complexity index is 347. The molecule has 80 valence electrons. The molecule has 0 spiro atoms. The van der Waals surface area contributed by atoms with E-state index >= 15 is 0 Å². The molecule has 1 atom stereocenters. The van der Waals surface area contributed by atoms with E-state index in [0.717, 1.165) is 19.4 Å². The van der Waals surface area contributed by atoms with Gasteiger partial charge in [-0.2, -0.15) is 0 Å². The Hall–Kier alpha value is -1.31. The minimum Gasteiger partial charge on any atom is -0.356 e. The van der Waals surface area contributed by atoms with Crippen LogP contribution in [0.1, 0.15) is 25.3 Å². The fraction of sp³-hybridized carbons (Fsp3) is 0.462. The third kappa shape index (κ3) is 2.20. The molecule has 1 heterocycles. The SMILES string of the molecule is CCC1(Cc2ccccc2)CNC(=O)C1. The van der Waals surface area contributed by atoms with E-state index in [4.69, 9.17) is 0 Å². The molecule has 0 aromatic heterocycles. The number of rotatable bonds is 3. The van der Waals surface area contributed by atoms with Gasteiger partial charge in [-0.3, -0.25) is 4.79 Å². The minimum absolute atomic E-state index is 0.151. The molecule has 1 aromatic carbocycles. The maximum atomic E-state index is 11.3. The van der Waals surface area contributed by atoms with Crippen LogP contribution in [0, 0.1) is 5.41 Å². The second-order valence-corrected chi connectivity index (χ2v) is 4.47. The maximum Gasteiger partial charge on any atom is 0.220 e. The van der Waals surface area contributed by atoms with E-state index in [-0.39, 0.29) is 11.3 Å². The molecule has 2 rings (SSSR count). The minimum atomic E-state index is 0.151. The van der Waals surface area contributed by atoms with Crippen molar-refractivity contribution < 1.29 is 4.79 Å². The number of benzene rings is 1. The van der Waals surface area contributed by atoms with Gasteiger partial charge in [0, 0.05) is 18.4 Å². The molecule has 0 saturated carbocycles. The molecular weight excluding hydrogens is 186 g/mol. The van der Waals surface area contributed by atoms with Gasteiger partial charge < -0.3 is 5.32 Å². The van der Waals surface area contributed by atoms with Crippen molar-refractivity contribution in [1.82, 2.24) is 5.32 Å². The maximum absolute atomic E-state index is 11.3. The van der Waals surface area contributed by atoms with Crippen LogP contribution in [0.15, 0.2) is 30.3 Å². The lowest BCUT2D eigenvalue weighted by molar-refractivity contribution is -0.119. The highest BCUT2D eigenvalue weighted by Crippen LogP contribution is 2.33. The van der Waals surface area contributed by atoms with Gasteiger partial charge in [-0.15, -0.1) is 0 Å². The summed E-state index contributed by atoms with van der Waals surface area (Å²) in [5, 5.41) is 2.94. The largest absolute Gasteiger partial charge is 0.356 e. The number of carbonyl (C=O) groups is 1. The van der Waals surface area contributed by atoms with Crippen molar-refractivity contribution in [2.24, 2.45) is 5.41 Å². The molecule has 0 bridgehead atoms. The monoisotopic (exact) mass is 203 g/mol. The predicted molar refractivity (Wildman–Crippen MR) is 60.5 cm³/mol. The van der Waals surface area contributed by atoms with E-state index in [2.05, 4.69) is 36.5 Å². The Kier molecular flexibility index (Phi) is 2.76. The summed E-state index contributed by atoms with van der Waals surface area (Å²) in [7, 11) is 0. The fourth-order valence-electron chi connectivity index (χ4n) is 2.28. The lowest BCUT2D eigenvalue weighted by Gasteiger charge is -2.25. The first kappa shape index (κ1) is 10.2. The summed E-state index contributed by atoms with van der Waals surface area (Å²) in [4.78, 5) is 11.3. The summed E-state index contributed by atoms with van der Waals surface area (Å²) in [6.45, 7) is 3.00. The quantitative estimate of drug-likeness (QED) is 0.801. The molecular formula is C13H17NO. The van der Waals surface area contributed by atoms with E-state index in [9.17, 15) is 4.79 Å². The third-order valence-corrected chi connectivity index (χ3v) is 3.37. The number of nitrogens with one attached hydrogen (secondary N) is 1. The number of carbonyl (C=O) groups excluding carboxylic acids is 1. The molecule has 0 radical (unpaired) electrons. The second kappa shape index (κ2) is 4.05. The van der Waals surface area contributed by atoms with Gasteiger partial charge in [-0.25, -0.2) is 0 Å². The molecule has 1 N–H and O–H groups in total. The summed E-state index contributed by atoms with van der Waals surface area (Å²) in [5.41, 5.74) is 1.48. The average molecular weight is 203 g/mol. The van der Waals surface area contributed by atoms with Crippen LogP contribution in [0.25, 0.3) is 0 Å². The Balaban J connectivity index is 2.12. The van der Waals surface area contributed by atoms with Crippen LogP contribution in [0.2, 0.25) is 0 Å². The predicted octanol–water partition coefficient (Wildman–Crippen LogP) is 2.15. The number of amides is 1. The highest BCUT2D eigenvalue weighted by atomic mass is 16.1. The van der Waals surface area contributed by atoms with Gasteiger partial charge in [-0.05, 0) is 18.4 Å². The van der Waals surface area contributed by atoms with Crippen molar-refractivity contribution in [2.45, 2.75) is 26.2 Å². The average Bonchev–Trinajstić information content (AvgIpc) is 2.62. The lowest BCUT2D eigenvalue weighted by atomic mass is 9.78. The Morgan fingerprint density at radius 2 is 2.07 bits per heavy atom. The Morgan fingerprint density at radius 3 is 2.60 bits per heavy atom. The van der Waals surface area contributed by atoms with Crippen molar-refractivity contribution >= 4 is 5.91 Å². The zero-order chi connectivity index (χ0) is 10.7. The van der Waals surface area contributed by atoms with Gasteiger partial charge in [0.1, 0.15) is 0 Å². The van der Waals surface area contributed by atoms with E-state index in [1.807, 2.05) is 6.07 Å². The van der Waals surface area contributed by atoms with Crippen molar-refractivity contribution in [1.29, 1.82) is 0 Å². The smallest absolute Gasteiger partial charge is 0.220 e. The standard InChI is InChI=1S/C13H17NO/c1-2-13(9-12(15)14-10-13)8-11-6-4-3-5-7-11/h3-7H,2,8-10H2,1H3,(H,14,15). The zero-order valence-electron chi connectivity index (χ0n) is 9.12. The van der Waals surface area contributed by atoms with Gasteiger partial charge in [0.15, 0.2) is 0 Å². The number of hydrogen-bond donors (Lipinski definition) is 1. The molecule has 0 aliphatic carbocycles. The van der Waals surface area contributed by atoms with Gasteiger partial charge >= 0.3 is 0 Å². The van der Waals surface area contributed by atoms with E-state index in [1.54, 1.807) is 0 Å². The molecule has 1 aliphatic rings. The second-order valence-electron chi connectivity index (χ2n) is 4.47. The van der Waals surface area contributed by atoms with Crippen LogP contribution in [0.4, 0.5) is 0 Å². The molecule has 15 heavy (non-hydrogen) atoms. The van der Waals surface area contributed by atoms with Crippen LogP contribution in [-0.4, -0.2) is 12.5 Å². The summed E-state index contributed by atoms with van der Waals surface area (Å²) < 4.78 is 0. The van der Waals surface area contributed by atoms with Gasteiger partial charge in [0.05, 0.1) is 0 Å². The summed E-state index contributed by atoms with van der Waals surface area (Å²) in [6.07, 6.45) is 2.74. The van der Waals surface area contributed by atoms with Crippen molar-refractivity contribution in [2.75, 3.05) is 6.54 Å². The first-order valence-corrected chi connectivity index (χ1v) is 5.55. The summed E-state index contributed by atoms with van der Waals surface area (Å²) >= 11 is 0. The number of hydrogen-bond acceptors (Lipinski definition) is 1.